The van der Waals surface area contributed by atoms with Crippen molar-refractivity contribution < 1.29 is 14.7 Å². The van der Waals surface area contributed by atoms with Gasteiger partial charge in [0, 0.05) is 6.42 Å². The molecule has 1 amide bonds. The number of aliphatic carboxylic acids is 1. The average Bonchev–Trinajstić information content (AvgIpc) is 2.14. The van der Waals surface area contributed by atoms with Crippen molar-refractivity contribution in [1.82, 2.24) is 5.32 Å². The van der Waals surface area contributed by atoms with E-state index in [0.29, 0.717) is 12.8 Å². The zero-order chi connectivity index (χ0) is 11.0. The molecule has 0 spiro atoms. The van der Waals surface area contributed by atoms with Crippen molar-refractivity contribution in [1.29, 1.82) is 0 Å². The van der Waals surface area contributed by atoms with Crippen LogP contribution in [0.5, 0.6) is 0 Å². The molecule has 4 nitrogen and oxygen atoms in total. The normalized spacial score (nSPS) is 12.1. The summed E-state index contributed by atoms with van der Waals surface area (Å²) in [6.45, 7) is 3.89. The topological polar surface area (TPSA) is 66.4 Å². The highest BCUT2D eigenvalue weighted by Gasteiger charge is 2.17. The smallest absolute Gasteiger partial charge is 0.326 e. The lowest BCUT2D eigenvalue weighted by molar-refractivity contribution is -0.142. The van der Waals surface area contributed by atoms with Crippen LogP contribution < -0.4 is 5.32 Å². The number of carbonyl (C=O) groups excluding carboxylic acids is 1. The van der Waals surface area contributed by atoms with E-state index in [4.69, 9.17) is 5.11 Å². The van der Waals surface area contributed by atoms with E-state index in [1.807, 2.05) is 13.8 Å². The highest BCUT2D eigenvalue weighted by Crippen LogP contribution is 1.99. The molecular formula is C10H19NO3. The number of hydrogen-bond acceptors (Lipinski definition) is 2. The van der Waals surface area contributed by atoms with Gasteiger partial charge in [-0.05, 0) is 12.8 Å². The maximum absolute atomic E-state index is 11.2. The summed E-state index contributed by atoms with van der Waals surface area (Å²) in [5.74, 6) is -1.11. The zero-order valence-electron chi connectivity index (χ0n) is 8.88. The Bertz CT molecular complexity index is 192. The van der Waals surface area contributed by atoms with E-state index in [1.165, 1.54) is 0 Å². The third-order valence-electron chi connectivity index (χ3n) is 1.97. The van der Waals surface area contributed by atoms with Gasteiger partial charge < -0.3 is 10.4 Å². The van der Waals surface area contributed by atoms with Gasteiger partial charge in [-0.15, -0.1) is 0 Å². The van der Waals surface area contributed by atoms with Crippen LogP contribution >= 0.6 is 0 Å². The third kappa shape index (κ3) is 5.56. The van der Waals surface area contributed by atoms with Crippen LogP contribution in [0.4, 0.5) is 0 Å². The van der Waals surface area contributed by atoms with Crippen molar-refractivity contribution in [2.24, 2.45) is 0 Å². The molecule has 4 heteroatoms. The van der Waals surface area contributed by atoms with Gasteiger partial charge in [-0.3, -0.25) is 4.79 Å². The number of hydrogen-bond donors (Lipinski definition) is 2. The summed E-state index contributed by atoms with van der Waals surface area (Å²) in [6, 6.07) is -0.718. The van der Waals surface area contributed by atoms with Gasteiger partial charge in [-0.25, -0.2) is 4.79 Å². The first kappa shape index (κ1) is 12.9. The molecule has 82 valence electrons. The van der Waals surface area contributed by atoms with E-state index in [2.05, 4.69) is 5.32 Å². The zero-order valence-corrected chi connectivity index (χ0v) is 8.88. The molecule has 0 rings (SSSR count). The minimum Gasteiger partial charge on any atom is -0.480 e. The lowest BCUT2D eigenvalue weighted by Crippen LogP contribution is -2.40. The fourth-order valence-corrected chi connectivity index (χ4v) is 1.15. The summed E-state index contributed by atoms with van der Waals surface area (Å²) in [7, 11) is 0. The van der Waals surface area contributed by atoms with Crippen LogP contribution in [0.25, 0.3) is 0 Å². The molecule has 2 N–H and O–H groups in total. The Balaban J connectivity index is 3.90. The summed E-state index contributed by atoms with van der Waals surface area (Å²) < 4.78 is 0. The van der Waals surface area contributed by atoms with Crippen molar-refractivity contribution in [3.8, 4) is 0 Å². The van der Waals surface area contributed by atoms with Crippen LogP contribution in [-0.2, 0) is 9.59 Å². The maximum atomic E-state index is 11.2. The Hall–Kier alpha value is -1.06. The van der Waals surface area contributed by atoms with E-state index in [9.17, 15) is 9.59 Å². The van der Waals surface area contributed by atoms with Crippen LogP contribution in [0, 0.1) is 0 Å². The Morgan fingerprint density at radius 3 is 2.36 bits per heavy atom. The molecule has 0 aliphatic heterocycles. The molecule has 0 heterocycles. The summed E-state index contributed by atoms with van der Waals surface area (Å²) >= 11 is 0. The molecule has 0 aromatic heterocycles. The monoisotopic (exact) mass is 201 g/mol. The number of unbranched alkanes of at least 4 members (excludes halogenated alkanes) is 1. The number of carboxylic acids is 1. The van der Waals surface area contributed by atoms with Gasteiger partial charge in [0.05, 0.1) is 0 Å². The molecule has 0 aromatic carbocycles. The predicted molar refractivity (Wildman–Crippen MR) is 54.0 cm³/mol. The van der Waals surface area contributed by atoms with Crippen LogP contribution in [0.3, 0.4) is 0 Å². The largest absolute Gasteiger partial charge is 0.480 e. The van der Waals surface area contributed by atoms with Gasteiger partial charge in [0.2, 0.25) is 5.91 Å². The first-order valence-corrected chi connectivity index (χ1v) is 5.14. The highest BCUT2D eigenvalue weighted by atomic mass is 16.4. The standard InChI is InChI=1S/C10H19NO3/c1-3-5-7-9(12)11-8(6-4-2)10(13)14/h8H,3-7H2,1-2H3,(H,11,12)(H,13,14)/t8-/m0/s1. The van der Waals surface area contributed by atoms with E-state index in [-0.39, 0.29) is 5.91 Å². The van der Waals surface area contributed by atoms with Crippen molar-refractivity contribution in [2.75, 3.05) is 0 Å². The molecule has 0 aliphatic rings. The fraction of sp³-hybridized carbons (Fsp3) is 0.800. The average molecular weight is 201 g/mol. The number of amides is 1. The maximum Gasteiger partial charge on any atom is 0.326 e. The summed E-state index contributed by atoms with van der Waals surface area (Å²) in [4.78, 5) is 21.9. The molecular weight excluding hydrogens is 182 g/mol. The van der Waals surface area contributed by atoms with Gasteiger partial charge in [0.25, 0.3) is 0 Å². The second kappa shape index (κ2) is 7.35. The van der Waals surface area contributed by atoms with Crippen molar-refractivity contribution in [3.05, 3.63) is 0 Å². The molecule has 1 atom stereocenters. The first-order valence-electron chi connectivity index (χ1n) is 5.14. The molecule has 0 fully saturated rings. The van der Waals surface area contributed by atoms with Crippen molar-refractivity contribution in [2.45, 2.75) is 52.0 Å². The van der Waals surface area contributed by atoms with Gasteiger partial charge in [-0.1, -0.05) is 26.7 Å². The van der Waals surface area contributed by atoms with Gasteiger partial charge >= 0.3 is 5.97 Å². The minimum absolute atomic E-state index is 0.160. The molecule has 14 heavy (non-hydrogen) atoms. The third-order valence-corrected chi connectivity index (χ3v) is 1.97. The van der Waals surface area contributed by atoms with Gasteiger partial charge in [0.1, 0.15) is 6.04 Å². The second-order valence-electron chi connectivity index (χ2n) is 3.35. The number of carbonyl (C=O) groups is 2. The van der Waals surface area contributed by atoms with Crippen LogP contribution in [0.15, 0.2) is 0 Å². The van der Waals surface area contributed by atoms with E-state index in [1.54, 1.807) is 0 Å². The Morgan fingerprint density at radius 2 is 1.93 bits per heavy atom. The Kier molecular flexibility index (Phi) is 6.80. The molecule has 0 aromatic rings. The summed E-state index contributed by atoms with van der Waals surface area (Å²) in [6.07, 6.45) is 3.42. The summed E-state index contributed by atoms with van der Waals surface area (Å²) in [5, 5.41) is 11.3. The van der Waals surface area contributed by atoms with Gasteiger partial charge in [0.15, 0.2) is 0 Å². The quantitative estimate of drug-likeness (QED) is 0.656. The van der Waals surface area contributed by atoms with Crippen LogP contribution in [0.1, 0.15) is 46.0 Å². The highest BCUT2D eigenvalue weighted by molar-refractivity contribution is 5.83. The number of nitrogens with one attached hydrogen (secondary N) is 1. The molecule has 0 aliphatic carbocycles. The lowest BCUT2D eigenvalue weighted by Gasteiger charge is -2.12. The molecule has 0 unspecified atom stereocenters. The van der Waals surface area contributed by atoms with Crippen molar-refractivity contribution in [3.63, 3.8) is 0 Å². The van der Waals surface area contributed by atoms with Crippen LogP contribution in [-0.4, -0.2) is 23.0 Å². The van der Waals surface area contributed by atoms with E-state index < -0.39 is 12.0 Å². The summed E-state index contributed by atoms with van der Waals surface area (Å²) in [5.41, 5.74) is 0. The molecule has 0 saturated carbocycles. The van der Waals surface area contributed by atoms with Crippen molar-refractivity contribution >= 4 is 11.9 Å². The predicted octanol–water partition coefficient (Wildman–Crippen LogP) is 1.55. The van der Waals surface area contributed by atoms with Gasteiger partial charge in [-0.2, -0.15) is 0 Å². The Labute approximate surface area is 84.7 Å². The number of rotatable bonds is 7. The van der Waals surface area contributed by atoms with E-state index >= 15 is 0 Å². The SMILES string of the molecule is CCCCC(=O)N[C@@H](CCC)C(=O)O. The second-order valence-corrected chi connectivity index (χ2v) is 3.35. The molecule has 0 saturated heterocycles. The Morgan fingerprint density at radius 1 is 1.29 bits per heavy atom. The molecule has 0 radical (unpaired) electrons. The van der Waals surface area contributed by atoms with E-state index in [0.717, 1.165) is 19.3 Å². The first-order chi connectivity index (χ1) is 6.61. The molecule has 0 bridgehead atoms. The fourth-order valence-electron chi connectivity index (χ4n) is 1.15. The number of carboxylic acid groups (broad SMARTS) is 1. The lowest BCUT2D eigenvalue weighted by atomic mass is 10.1. The van der Waals surface area contributed by atoms with Crippen LogP contribution in [0.2, 0.25) is 0 Å². The minimum atomic E-state index is -0.948.